The molecule has 2 fully saturated rings. The van der Waals surface area contributed by atoms with E-state index in [1.165, 1.54) is 23.8 Å². The van der Waals surface area contributed by atoms with Gasteiger partial charge in [0.25, 0.3) is 15.8 Å². The lowest BCUT2D eigenvalue weighted by Crippen LogP contribution is -2.52. The number of rotatable bonds is 8. The van der Waals surface area contributed by atoms with Crippen LogP contribution < -0.4 is 0 Å². The summed E-state index contributed by atoms with van der Waals surface area (Å²) >= 11 is 0. The molecular formula is C23H29N3O6S. The van der Waals surface area contributed by atoms with E-state index in [1.807, 2.05) is 6.07 Å². The van der Waals surface area contributed by atoms with Crippen molar-refractivity contribution < 1.29 is 22.3 Å². The Morgan fingerprint density at radius 2 is 1.82 bits per heavy atom. The molecule has 2 aromatic rings. The van der Waals surface area contributed by atoms with Gasteiger partial charge in [-0.2, -0.15) is 8.42 Å². The van der Waals surface area contributed by atoms with Crippen molar-refractivity contribution in [1.29, 1.82) is 0 Å². The largest absolute Gasteiger partial charge is 0.373 e. The SMILES string of the molecule is O=[N+]([O-])c1cccc(S(=O)(=O)OCC2CN(C3CCN(Cc4ccccc4)CC3)CCO2)c1. The van der Waals surface area contributed by atoms with E-state index in [-0.39, 0.29) is 23.3 Å². The number of ether oxygens (including phenoxy) is 1. The minimum Gasteiger partial charge on any atom is -0.373 e. The topological polar surface area (TPSA) is 102 Å². The van der Waals surface area contributed by atoms with Crippen LogP contribution in [0.3, 0.4) is 0 Å². The van der Waals surface area contributed by atoms with Crippen LogP contribution in [-0.2, 0) is 25.6 Å². The monoisotopic (exact) mass is 475 g/mol. The van der Waals surface area contributed by atoms with Gasteiger partial charge in [0.1, 0.15) is 4.90 Å². The molecule has 33 heavy (non-hydrogen) atoms. The second-order valence-electron chi connectivity index (χ2n) is 8.47. The van der Waals surface area contributed by atoms with Crippen molar-refractivity contribution in [2.75, 3.05) is 39.4 Å². The van der Waals surface area contributed by atoms with Gasteiger partial charge < -0.3 is 4.74 Å². The Bertz CT molecular complexity index is 1040. The van der Waals surface area contributed by atoms with Gasteiger partial charge in [0, 0.05) is 37.8 Å². The zero-order valence-electron chi connectivity index (χ0n) is 18.4. The minimum atomic E-state index is -4.10. The average molecular weight is 476 g/mol. The Labute approximate surface area is 194 Å². The molecule has 178 valence electrons. The summed E-state index contributed by atoms with van der Waals surface area (Å²) in [6.07, 6.45) is 1.76. The van der Waals surface area contributed by atoms with Gasteiger partial charge >= 0.3 is 0 Å². The van der Waals surface area contributed by atoms with Crippen molar-refractivity contribution in [3.63, 3.8) is 0 Å². The molecule has 0 spiro atoms. The molecule has 2 aliphatic rings. The maximum absolute atomic E-state index is 12.5. The Morgan fingerprint density at radius 1 is 1.06 bits per heavy atom. The molecule has 0 N–H and O–H groups in total. The number of benzene rings is 2. The van der Waals surface area contributed by atoms with Crippen molar-refractivity contribution >= 4 is 15.8 Å². The number of hydrogen-bond donors (Lipinski definition) is 0. The maximum Gasteiger partial charge on any atom is 0.297 e. The summed E-state index contributed by atoms with van der Waals surface area (Å²) in [6.45, 7) is 4.84. The molecule has 0 aromatic heterocycles. The number of nitro benzene ring substituents is 1. The van der Waals surface area contributed by atoms with Gasteiger partial charge in [-0.1, -0.05) is 36.4 Å². The standard InChI is InChI=1S/C23H29N3O6S/c27-26(28)21-7-4-8-23(15-21)33(29,30)32-18-22-17-25(13-14-31-22)20-9-11-24(12-10-20)16-19-5-2-1-3-6-19/h1-8,15,20,22H,9-14,16-18H2. The second-order valence-corrected chi connectivity index (χ2v) is 10.1. The summed E-state index contributed by atoms with van der Waals surface area (Å²) in [5.74, 6) is 0. The Hall–Kier alpha value is -2.37. The molecule has 4 rings (SSSR count). The highest BCUT2D eigenvalue weighted by molar-refractivity contribution is 7.86. The maximum atomic E-state index is 12.5. The molecule has 2 aromatic carbocycles. The first-order valence-corrected chi connectivity index (χ1v) is 12.6. The molecule has 1 unspecified atom stereocenters. The van der Waals surface area contributed by atoms with Crippen LogP contribution in [0, 0.1) is 10.1 Å². The summed E-state index contributed by atoms with van der Waals surface area (Å²) in [7, 11) is -4.10. The van der Waals surface area contributed by atoms with Crippen molar-refractivity contribution in [1.82, 2.24) is 9.80 Å². The number of nitro groups is 1. The lowest BCUT2D eigenvalue weighted by atomic mass is 10.0. The van der Waals surface area contributed by atoms with Gasteiger partial charge in [0.05, 0.1) is 24.2 Å². The molecule has 0 radical (unpaired) electrons. The van der Waals surface area contributed by atoms with Crippen LogP contribution in [0.15, 0.2) is 59.5 Å². The van der Waals surface area contributed by atoms with Gasteiger partial charge in [-0.15, -0.1) is 0 Å². The zero-order valence-corrected chi connectivity index (χ0v) is 19.2. The Kier molecular flexibility index (Phi) is 7.71. The first-order valence-electron chi connectivity index (χ1n) is 11.2. The smallest absolute Gasteiger partial charge is 0.297 e. The molecule has 0 saturated carbocycles. The highest BCUT2D eigenvalue weighted by Gasteiger charge is 2.30. The molecule has 9 nitrogen and oxygen atoms in total. The van der Waals surface area contributed by atoms with Crippen molar-refractivity contribution in [3.8, 4) is 0 Å². The van der Waals surface area contributed by atoms with Gasteiger partial charge in [-0.25, -0.2) is 0 Å². The lowest BCUT2D eigenvalue weighted by Gasteiger charge is -2.42. The number of likely N-dealkylation sites (tertiary alicyclic amines) is 1. The third-order valence-electron chi connectivity index (χ3n) is 6.22. The van der Waals surface area contributed by atoms with Crippen LogP contribution in [0.4, 0.5) is 5.69 Å². The van der Waals surface area contributed by atoms with Crippen molar-refractivity contribution in [3.05, 3.63) is 70.3 Å². The average Bonchev–Trinajstić information content (AvgIpc) is 2.84. The van der Waals surface area contributed by atoms with E-state index in [9.17, 15) is 18.5 Å². The summed E-state index contributed by atoms with van der Waals surface area (Å²) in [5, 5.41) is 10.9. The predicted octanol–water partition coefficient (Wildman–Crippen LogP) is 2.67. The number of non-ortho nitro benzene ring substituents is 1. The Morgan fingerprint density at radius 3 is 2.55 bits per heavy atom. The molecule has 0 aliphatic carbocycles. The summed E-state index contributed by atoms with van der Waals surface area (Å²) in [4.78, 5) is 14.9. The minimum absolute atomic E-state index is 0.117. The first kappa shape index (κ1) is 23.8. The molecule has 10 heteroatoms. The van der Waals surface area contributed by atoms with Crippen LogP contribution >= 0.6 is 0 Å². The van der Waals surface area contributed by atoms with Gasteiger partial charge in [-0.05, 0) is 37.6 Å². The molecular weight excluding hydrogens is 446 g/mol. The third-order valence-corrected chi connectivity index (χ3v) is 7.50. The van der Waals surface area contributed by atoms with E-state index < -0.39 is 15.0 Å². The van der Waals surface area contributed by atoms with Crippen LogP contribution in [0.1, 0.15) is 18.4 Å². The van der Waals surface area contributed by atoms with E-state index in [0.29, 0.717) is 19.2 Å². The van der Waals surface area contributed by atoms with Crippen LogP contribution in [0.25, 0.3) is 0 Å². The van der Waals surface area contributed by atoms with Crippen LogP contribution in [-0.4, -0.2) is 74.7 Å². The fourth-order valence-electron chi connectivity index (χ4n) is 4.44. The fourth-order valence-corrected chi connectivity index (χ4v) is 5.42. The van der Waals surface area contributed by atoms with Crippen molar-refractivity contribution in [2.24, 2.45) is 0 Å². The first-order chi connectivity index (χ1) is 15.9. The van der Waals surface area contributed by atoms with Crippen LogP contribution in [0.5, 0.6) is 0 Å². The molecule has 2 saturated heterocycles. The third kappa shape index (κ3) is 6.36. The van der Waals surface area contributed by atoms with Gasteiger partial charge in [0.15, 0.2) is 0 Å². The van der Waals surface area contributed by atoms with E-state index in [1.54, 1.807) is 0 Å². The number of morpholine rings is 1. The normalized spacial score (nSPS) is 21.2. The van der Waals surface area contributed by atoms with E-state index >= 15 is 0 Å². The molecule has 0 bridgehead atoms. The number of hydrogen-bond acceptors (Lipinski definition) is 8. The zero-order chi connectivity index (χ0) is 23.3. The summed E-state index contributed by atoms with van der Waals surface area (Å²) in [5.41, 5.74) is 1.03. The Balaban J connectivity index is 1.27. The second kappa shape index (κ2) is 10.7. The van der Waals surface area contributed by atoms with E-state index in [4.69, 9.17) is 8.92 Å². The quantitative estimate of drug-likeness (QED) is 0.326. The van der Waals surface area contributed by atoms with E-state index in [2.05, 4.69) is 34.1 Å². The molecule has 1 atom stereocenters. The lowest BCUT2D eigenvalue weighted by molar-refractivity contribution is -0.385. The molecule has 0 amide bonds. The number of piperidine rings is 1. The van der Waals surface area contributed by atoms with E-state index in [0.717, 1.165) is 45.1 Å². The highest BCUT2D eigenvalue weighted by Crippen LogP contribution is 2.23. The van der Waals surface area contributed by atoms with Gasteiger partial charge in [-0.3, -0.25) is 24.1 Å². The van der Waals surface area contributed by atoms with Crippen LogP contribution in [0.2, 0.25) is 0 Å². The molecule has 2 aliphatic heterocycles. The highest BCUT2D eigenvalue weighted by atomic mass is 32.2. The summed E-state index contributed by atoms with van der Waals surface area (Å²) < 4.78 is 35.9. The van der Waals surface area contributed by atoms with Gasteiger partial charge in [0.2, 0.25) is 0 Å². The predicted molar refractivity (Wildman–Crippen MR) is 122 cm³/mol. The van der Waals surface area contributed by atoms with Crippen molar-refractivity contribution in [2.45, 2.75) is 36.4 Å². The summed E-state index contributed by atoms with van der Waals surface area (Å²) in [6, 6.07) is 15.8. The fraction of sp³-hybridized carbons (Fsp3) is 0.478. The number of nitrogens with zero attached hydrogens (tertiary/aromatic N) is 3. The molecule has 2 heterocycles.